The molecule has 3 rings (SSSR count). The second kappa shape index (κ2) is 7.25. The monoisotopic (exact) mass is 339 g/mol. The third kappa shape index (κ3) is 3.91. The van der Waals surface area contributed by atoms with Gasteiger partial charge in [0.2, 0.25) is 0 Å². The Morgan fingerprint density at radius 2 is 1.96 bits per heavy atom. The summed E-state index contributed by atoms with van der Waals surface area (Å²) in [6, 6.07) is 10.7. The summed E-state index contributed by atoms with van der Waals surface area (Å²) >= 11 is 0. The molecule has 0 aliphatic heterocycles. The number of carbonyl (C=O) groups excluding carboxylic acids is 1. The molecule has 25 heavy (non-hydrogen) atoms. The molecular weight excluding hydrogens is 318 g/mol. The molecule has 2 N–H and O–H groups in total. The fourth-order valence-electron chi connectivity index (χ4n) is 2.78. The number of pyridine rings is 1. The number of nitrogens with one attached hydrogen (secondary N) is 2. The molecule has 0 bridgehead atoms. The van der Waals surface area contributed by atoms with Crippen LogP contribution in [0.2, 0.25) is 0 Å². The van der Waals surface area contributed by atoms with E-state index in [1.807, 2.05) is 37.3 Å². The van der Waals surface area contributed by atoms with Crippen molar-refractivity contribution in [3.05, 3.63) is 65.0 Å². The molecule has 0 aliphatic carbocycles. The summed E-state index contributed by atoms with van der Waals surface area (Å²) < 4.78 is 6.77. The standard InChI is InChI=1S/C19H21N3O3/c1-13(9-10-14-6-5-11-25-14)20-19(24)21-17-12-22(2)18(23)16-8-4-3-7-15(16)17/h3-8,11-13H,9-10H2,1-2H3,(H2,20,21,24). The van der Waals surface area contributed by atoms with E-state index in [-0.39, 0.29) is 17.6 Å². The Morgan fingerprint density at radius 3 is 2.68 bits per heavy atom. The fourth-order valence-corrected chi connectivity index (χ4v) is 2.78. The first-order chi connectivity index (χ1) is 12.0. The largest absolute Gasteiger partial charge is 0.469 e. The molecule has 0 aliphatic rings. The lowest BCUT2D eigenvalue weighted by atomic mass is 10.1. The SMILES string of the molecule is CC(CCc1ccco1)NC(=O)Nc1cn(C)c(=O)c2ccccc12. The highest BCUT2D eigenvalue weighted by Crippen LogP contribution is 2.19. The van der Waals surface area contributed by atoms with E-state index in [4.69, 9.17) is 4.42 Å². The van der Waals surface area contributed by atoms with Crippen molar-refractivity contribution >= 4 is 22.5 Å². The van der Waals surface area contributed by atoms with Gasteiger partial charge in [-0.15, -0.1) is 0 Å². The van der Waals surface area contributed by atoms with Crippen LogP contribution in [0.25, 0.3) is 10.8 Å². The van der Waals surface area contributed by atoms with E-state index in [1.165, 1.54) is 4.57 Å². The van der Waals surface area contributed by atoms with E-state index in [2.05, 4.69) is 10.6 Å². The lowest BCUT2D eigenvalue weighted by molar-refractivity contribution is 0.248. The number of rotatable bonds is 5. The number of nitrogens with zero attached hydrogens (tertiary/aromatic N) is 1. The Bertz CT molecular complexity index is 929. The van der Waals surface area contributed by atoms with Crippen LogP contribution in [-0.2, 0) is 13.5 Å². The van der Waals surface area contributed by atoms with Gasteiger partial charge < -0.3 is 19.6 Å². The highest BCUT2D eigenvalue weighted by atomic mass is 16.3. The first-order valence-corrected chi connectivity index (χ1v) is 8.23. The maximum atomic E-state index is 12.3. The highest BCUT2D eigenvalue weighted by molar-refractivity contribution is 6.00. The first kappa shape index (κ1) is 16.8. The second-order valence-corrected chi connectivity index (χ2v) is 6.12. The Labute approximate surface area is 145 Å². The van der Waals surface area contributed by atoms with Crippen molar-refractivity contribution in [3.63, 3.8) is 0 Å². The zero-order valence-electron chi connectivity index (χ0n) is 14.3. The molecule has 3 aromatic rings. The topological polar surface area (TPSA) is 76.3 Å². The second-order valence-electron chi connectivity index (χ2n) is 6.12. The first-order valence-electron chi connectivity index (χ1n) is 8.23. The van der Waals surface area contributed by atoms with Crippen LogP contribution in [0.4, 0.5) is 10.5 Å². The quantitative estimate of drug-likeness (QED) is 0.749. The predicted octanol–water partition coefficient (Wildman–Crippen LogP) is 3.27. The van der Waals surface area contributed by atoms with E-state index >= 15 is 0 Å². The number of hydrogen-bond acceptors (Lipinski definition) is 3. The smallest absolute Gasteiger partial charge is 0.319 e. The fraction of sp³-hybridized carbons (Fsp3) is 0.263. The zero-order chi connectivity index (χ0) is 17.8. The van der Waals surface area contributed by atoms with Crippen molar-refractivity contribution in [2.24, 2.45) is 7.05 Å². The molecule has 1 atom stereocenters. The molecule has 130 valence electrons. The van der Waals surface area contributed by atoms with Crippen molar-refractivity contribution in [3.8, 4) is 0 Å². The van der Waals surface area contributed by atoms with Gasteiger partial charge in [0.15, 0.2) is 0 Å². The number of aromatic nitrogens is 1. The lowest BCUT2D eigenvalue weighted by Gasteiger charge is -2.15. The summed E-state index contributed by atoms with van der Waals surface area (Å²) in [5, 5.41) is 7.06. The zero-order valence-corrected chi connectivity index (χ0v) is 14.3. The number of fused-ring (bicyclic) bond motifs is 1. The molecule has 0 radical (unpaired) electrons. The molecule has 0 fully saturated rings. The Hall–Kier alpha value is -3.02. The molecule has 6 heteroatoms. The van der Waals surface area contributed by atoms with Crippen LogP contribution in [0.5, 0.6) is 0 Å². The molecule has 1 aromatic carbocycles. The van der Waals surface area contributed by atoms with Crippen LogP contribution in [0.15, 0.2) is 58.1 Å². The van der Waals surface area contributed by atoms with Crippen LogP contribution >= 0.6 is 0 Å². The van der Waals surface area contributed by atoms with E-state index in [9.17, 15) is 9.59 Å². The van der Waals surface area contributed by atoms with Crippen LogP contribution in [0, 0.1) is 0 Å². The van der Waals surface area contributed by atoms with E-state index in [0.29, 0.717) is 11.1 Å². The van der Waals surface area contributed by atoms with Gasteiger partial charge in [-0.2, -0.15) is 0 Å². The predicted molar refractivity (Wildman–Crippen MR) is 97.8 cm³/mol. The summed E-state index contributed by atoms with van der Waals surface area (Å²) in [5.41, 5.74) is 0.516. The number of furan rings is 1. The summed E-state index contributed by atoms with van der Waals surface area (Å²) in [6.45, 7) is 1.95. The molecule has 6 nitrogen and oxygen atoms in total. The normalized spacial score (nSPS) is 12.1. The summed E-state index contributed by atoms with van der Waals surface area (Å²) in [7, 11) is 1.67. The van der Waals surface area contributed by atoms with E-state index in [0.717, 1.165) is 24.0 Å². The summed E-state index contributed by atoms with van der Waals surface area (Å²) in [4.78, 5) is 24.5. The number of hydrogen-bond donors (Lipinski definition) is 2. The molecule has 1 unspecified atom stereocenters. The van der Waals surface area contributed by atoms with Gasteiger partial charge in [-0.05, 0) is 31.5 Å². The minimum atomic E-state index is -0.296. The Balaban J connectivity index is 1.67. The van der Waals surface area contributed by atoms with Crippen LogP contribution in [0.3, 0.4) is 0 Å². The molecular formula is C19H21N3O3. The van der Waals surface area contributed by atoms with Gasteiger partial charge in [0, 0.05) is 36.5 Å². The molecule has 2 heterocycles. The molecule has 0 spiro atoms. The highest BCUT2D eigenvalue weighted by Gasteiger charge is 2.12. The van der Waals surface area contributed by atoms with Gasteiger partial charge in [0.05, 0.1) is 12.0 Å². The number of aryl methyl sites for hydroxylation is 2. The van der Waals surface area contributed by atoms with Crippen molar-refractivity contribution in [2.45, 2.75) is 25.8 Å². The minimum Gasteiger partial charge on any atom is -0.469 e. The number of anilines is 1. The van der Waals surface area contributed by atoms with Gasteiger partial charge >= 0.3 is 6.03 Å². The van der Waals surface area contributed by atoms with Gasteiger partial charge in [-0.3, -0.25) is 4.79 Å². The number of amides is 2. The van der Waals surface area contributed by atoms with Gasteiger partial charge in [0.1, 0.15) is 5.76 Å². The third-order valence-corrected chi connectivity index (χ3v) is 4.12. The van der Waals surface area contributed by atoms with Gasteiger partial charge in [-0.1, -0.05) is 18.2 Å². The van der Waals surface area contributed by atoms with Crippen LogP contribution in [0.1, 0.15) is 19.1 Å². The van der Waals surface area contributed by atoms with Crippen molar-refractivity contribution in [1.82, 2.24) is 9.88 Å². The molecule has 2 aromatic heterocycles. The maximum absolute atomic E-state index is 12.3. The molecule has 2 amide bonds. The Morgan fingerprint density at radius 1 is 1.20 bits per heavy atom. The average Bonchev–Trinajstić information content (AvgIpc) is 3.11. The minimum absolute atomic E-state index is 0.0103. The molecule has 0 saturated carbocycles. The van der Waals surface area contributed by atoms with Crippen molar-refractivity contribution in [1.29, 1.82) is 0 Å². The van der Waals surface area contributed by atoms with Gasteiger partial charge in [0.25, 0.3) is 5.56 Å². The average molecular weight is 339 g/mol. The molecule has 0 saturated heterocycles. The van der Waals surface area contributed by atoms with Gasteiger partial charge in [-0.25, -0.2) is 4.79 Å². The lowest BCUT2D eigenvalue weighted by Crippen LogP contribution is -2.36. The van der Waals surface area contributed by atoms with E-state index in [1.54, 1.807) is 25.6 Å². The number of benzene rings is 1. The van der Waals surface area contributed by atoms with E-state index < -0.39 is 0 Å². The maximum Gasteiger partial charge on any atom is 0.319 e. The summed E-state index contributed by atoms with van der Waals surface area (Å²) in [5.74, 6) is 0.901. The van der Waals surface area contributed by atoms with Crippen molar-refractivity contribution in [2.75, 3.05) is 5.32 Å². The summed E-state index contributed by atoms with van der Waals surface area (Å²) in [6.07, 6.45) is 4.81. The van der Waals surface area contributed by atoms with Crippen LogP contribution < -0.4 is 16.2 Å². The number of urea groups is 1. The van der Waals surface area contributed by atoms with Crippen molar-refractivity contribution < 1.29 is 9.21 Å². The number of carbonyl (C=O) groups is 1. The third-order valence-electron chi connectivity index (χ3n) is 4.12. The Kier molecular flexibility index (Phi) is 4.88. The van der Waals surface area contributed by atoms with Crippen LogP contribution in [-0.4, -0.2) is 16.6 Å².